The van der Waals surface area contributed by atoms with Crippen molar-refractivity contribution in [1.82, 2.24) is 9.88 Å². The Balaban J connectivity index is 1.60. The van der Waals surface area contributed by atoms with E-state index in [0.29, 0.717) is 6.04 Å². The van der Waals surface area contributed by atoms with Gasteiger partial charge in [-0.2, -0.15) is 0 Å². The van der Waals surface area contributed by atoms with Crippen LogP contribution in [0.1, 0.15) is 30.9 Å². The molecule has 1 aromatic heterocycles. The molecule has 3 heteroatoms. The predicted octanol–water partition coefficient (Wildman–Crippen LogP) is 4.22. The summed E-state index contributed by atoms with van der Waals surface area (Å²) < 4.78 is 0. The van der Waals surface area contributed by atoms with Crippen LogP contribution in [0.15, 0.2) is 54.7 Å². The summed E-state index contributed by atoms with van der Waals surface area (Å²) in [5.41, 5.74) is 2.61. The molecule has 0 spiro atoms. The fourth-order valence-electron chi connectivity index (χ4n) is 3.49. The van der Waals surface area contributed by atoms with Crippen molar-refractivity contribution in [2.45, 2.75) is 32.4 Å². The van der Waals surface area contributed by atoms with Crippen LogP contribution in [0.4, 0.5) is 5.82 Å². The Kier molecular flexibility index (Phi) is 5.65. The van der Waals surface area contributed by atoms with Gasteiger partial charge in [0, 0.05) is 44.5 Å². The fourth-order valence-corrected chi connectivity index (χ4v) is 3.49. The fraction of sp³-hybridized carbons (Fsp3) is 0.381. The average molecular weight is 321 g/mol. The molecule has 0 saturated carbocycles. The van der Waals surface area contributed by atoms with Crippen molar-refractivity contribution in [3.8, 4) is 0 Å². The van der Waals surface area contributed by atoms with Gasteiger partial charge in [-0.3, -0.25) is 4.90 Å². The lowest BCUT2D eigenvalue weighted by Crippen LogP contribution is -2.43. The van der Waals surface area contributed by atoms with Crippen molar-refractivity contribution in [2.75, 3.05) is 25.0 Å². The highest BCUT2D eigenvalue weighted by Gasteiger charge is 2.24. The third-order valence-electron chi connectivity index (χ3n) is 4.85. The zero-order valence-electron chi connectivity index (χ0n) is 14.7. The Morgan fingerprint density at radius 2 is 1.88 bits per heavy atom. The molecular formula is C21H27N3. The molecule has 3 rings (SSSR count). The molecule has 24 heavy (non-hydrogen) atoms. The molecule has 0 radical (unpaired) electrons. The molecule has 1 aliphatic heterocycles. The Bertz CT molecular complexity index is 658. The van der Waals surface area contributed by atoms with Crippen molar-refractivity contribution < 1.29 is 0 Å². The summed E-state index contributed by atoms with van der Waals surface area (Å²) in [6.45, 7) is 5.41. The van der Waals surface area contributed by atoms with Crippen LogP contribution in [0, 0.1) is 0 Å². The maximum Gasteiger partial charge on any atom is 0.135 e. The average Bonchev–Trinajstić information content (AvgIpc) is 2.63. The topological polar surface area (TPSA) is 19.4 Å². The standard InChI is InChI=1S/C21H27N3/c1-3-8-19-11-7-14-22-21(19)23(2)20-12-15-24(16-13-20)17-18-9-5-4-6-10-18/h3-11,14,20H,12-13,15-17H2,1-2H3. The first-order valence-electron chi connectivity index (χ1n) is 8.84. The largest absolute Gasteiger partial charge is 0.356 e. The van der Waals surface area contributed by atoms with E-state index >= 15 is 0 Å². The lowest BCUT2D eigenvalue weighted by molar-refractivity contribution is 0.203. The number of likely N-dealkylation sites (tertiary alicyclic amines) is 1. The molecule has 2 heterocycles. The number of hydrogen-bond donors (Lipinski definition) is 0. The van der Waals surface area contributed by atoms with Crippen molar-refractivity contribution in [2.24, 2.45) is 0 Å². The maximum absolute atomic E-state index is 4.62. The van der Waals surface area contributed by atoms with Crippen LogP contribution < -0.4 is 4.90 Å². The second kappa shape index (κ2) is 8.11. The van der Waals surface area contributed by atoms with Crippen LogP contribution >= 0.6 is 0 Å². The number of benzene rings is 1. The Morgan fingerprint density at radius 1 is 1.12 bits per heavy atom. The van der Waals surface area contributed by atoms with E-state index in [2.05, 4.69) is 77.3 Å². The first kappa shape index (κ1) is 16.7. The Hall–Kier alpha value is -2.13. The van der Waals surface area contributed by atoms with Crippen LogP contribution in [-0.2, 0) is 6.54 Å². The molecule has 1 saturated heterocycles. The number of allylic oxidation sites excluding steroid dienone is 1. The van der Waals surface area contributed by atoms with E-state index in [1.165, 1.54) is 24.0 Å². The van der Waals surface area contributed by atoms with E-state index in [1.807, 2.05) is 12.3 Å². The van der Waals surface area contributed by atoms with Gasteiger partial charge in [-0.05, 0) is 37.5 Å². The molecule has 0 aliphatic carbocycles. The van der Waals surface area contributed by atoms with Gasteiger partial charge in [0.15, 0.2) is 0 Å². The minimum Gasteiger partial charge on any atom is -0.356 e. The Labute approximate surface area is 145 Å². The zero-order chi connectivity index (χ0) is 16.8. The van der Waals surface area contributed by atoms with E-state index in [1.54, 1.807) is 0 Å². The third kappa shape index (κ3) is 4.04. The summed E-state index contributed by atoms with van der Waals surface area (Å²) in [7, 11) is 2.19. The molecule has 0 N–H and O–H groups in total. The summed E-state index contributed by atoms with van der Waals surface area (Å²) in [5.74, 6) is 1.09. The van der Waals surface area contributed by atoms with Crippen LogP contribution in [0.2, 0.25) is 0 Å². The van der Waals surface area contributed by atoms with Gasteiger partial charge in [0.1, 0.15) is 5.82 Å². The first-order chi connectivity index (χ1) is 11.8. The van der Waals surface area contributed by atoms with Crippen LogP contribution in [-0.4, -0.2) is 36.1 Å². The van der Waals surface area contributed by atoms with Gasteiger partial charge >= 0.3 is 0 Å². The molecule has 2 aromatic rings. The number of nitrogens with zero attached hydrogens (tertiary/aromatic N) is 3. The third-order valence-corrected chi connectivity index (χ3v) is 4.85. The quantitative estimate of drug-likeness (QED) is 0.822. The van der Waals surface area contributed by atoms with Gasteiger partial charge in [0.2, 0.25) is 0 Å². The number of anilines is 1. The van der Waals surface area contributed by atoms with E-state index < -0.39 is 0 Å². The molecule has 0 amide bonds. The van der Waals surface area contributed by atoms with Crippen LogP contribution in [0.5, 0.6) is 0 Å². The molecule has 0 unspecified atom stereocenters. The number of aromatic nitrogens is 1. The molecule has 1 aliphatic rings. The van der Waals surface area contributed by atoms with Gasteiger partial charge in [-0.25, -0.2) is 4.98 Å². The van der Waals surface area contributed by atoms with Gasteiger partial charge in [-0.1, -0.05) is 42.5 Å². The highest BCUT2D eigenvalue weighted by atomic mass is 15.2. The van der Waals surface area contributed by atoms with Crippen molar-refractivity contribution >= 4 is 11.9 Å². The molecule has 1 aromatic carbocycles. The molecule has 0 atom stereocenters. The molecule has 1 fully saturated rings. The van der Waals surface area contributed by atoms with Crippen molar-refractivity contribution in [3.63, 3.8) is 0 Å². The molecule has 126 valence electrons. The van der Waals surface area contributed by atoms with Gasteiger partial charge in [0.05, 0.1) is 0 Å². The van der Waals surface area contributed by atoms with Gasteiger partial charge < -0.3 is 4.90 Å². The molecule has 0 bridgehead atoms. The van der Waals surface area contributed by atoms with Crippen LogP contribution in [0.3, 0.4) is 0 Å². The second-order valence-corrected chi connectivity index (χ2v) is 6.52. The van der Waals surface area contributed by atoms with Gasteiger partial charge in [-0.15, -0.1) is 0 Å². The zero-order valence-corrected chi connectivity index (χ0v) is 14.7. The number of hydrogen-bond acceptors (Lipinski definition) is 3. The minimum absolute atomic E-state index is 0.566. The normalized spacial score (nSPS) is 16.6. The summed E-state index contributed by atoms with van der Waals surface area (Å²) in [4.78, 5) is 9.55. The lowest BCUT2D eigenvalue weighted by Gasteiger charge is -2.37. The monoisotopic (exact) mass is 321 g/mol. The highest BCUT2D eigenvalue weighted by Crippen LogP contribution is 2.25. The number of pyridine rings is 1. The van der Waals surface area contributed by atoms with E-state index in [9.17, 15) is 0 Å². The van der Waals surface area contributed by atoms with Gasteiger partial charge in [0.25, 0.3) is 0 Å². The van der Waals surface area contributed by atoms with E-state index in [0.717, 1.165) is 25.5 Å². The first-order valence-corrected chi connectivity index (χ1v) is 8.84. The molecular weight excluding hydrogens is 294 g/mol. The highest BCUT2D eigenvalue weighted by molar-refractivity contribution is 5.63. The van der Waals surface area contributed by atoms with Crippen LogP contribution in [0.25, 0.3) is 6.08 Å². The Morgan fingerprint density at radius 3 is 2.58 bits per heavy atom. The lowest BCUT2D eigenvalue weighted by atomic mass is 10.0. The minimum atomic E-state index is 0.566. The predicted molar refractivity (Wildman–Crippen MR) is 102 cm³/mol. The SMILES string of the molecule is CC=Cc1cccnc1N(C)C1CCN(Cc2ccccc2)CC1. The second-order valence-electron chi connectivity index (χ2n) is 6.52. The summed E-state index contributed by atoms with van der Waals surface area (Å²) >= 11 is 0. The van der Waals surface area contributed by atoms with E-state index in [4.69, 9.17) is 0 Å². The summed E-state index contributed by atoms with van der Waals surface area (Å²) in [6.07, 6.45) is 8.49. The maximum atomic E-state index is 4.62. The van der Waals surface area contributed by atoms with Crippen molar-refractivity contribution in [1.29, 1.82) is 0 Å². The smallest absolute Gasteiger partial charge is 0.135 e. The van der Waals surface area contributed by atoms with E-state index in [-0.39, 0.29) is 0 Å². The summed E-state index contributed by atoms with van der Waals surface area (Å²) in [6, 6.07) is 15.5. The molecule has 3 nitrogen and oxygen atoms in total. The van der Waals surface area contributed by atoms with Crippen molar-refractivity contribution in [3.05, 3.63) is 65.9 Å². The number of rotatable bonds is 5. The number of piperidine rings is 1. The summed E-state index contributed by atoms with van der Waals surface area (Å²) in [5, 5.41) is 0.